The van der Waals surface area contributed by atoms with E-state index < -0.39 is 0 Å². The van der Waals surface area contributed by atoms with E-state index in [1.807, 2.05) is 6.07 Å². The predicted octanol–water partition coefficient (Wildman–Crippen LogP) is 1.08. The highest BCUT2D eigenvalue weighted by atomic mass is 15.1. The van der Waals surface area contributed by atoms with Crippen molar-refractivity contribution in [2.24, 2.45) is 5.92 Å². The quantitative estimate of drug-likeness (QED) is 0.721. The minimum atomic E-state index is 0.512. The lowest BCUT2D eigenvalue weighted by atomic mass is 9.84. The SMILES string of the molecule is Cc1cc(N)nnc1C1CCNC[C@H]1C. The molecule has 4 nitrogen and oxygen atoms in total. The summed E-state index contributed by atoms with van der Waals surface area (Å²) in [7, 11) is 0. The van der Waals surface area contributed by atoms with Gasteiger partial charge in [0.05, 0.1) is 5.69 Å². The van der Waals surface area contributed by atoms with Gasteiger partial charge in [-0.05, 0) is 44.0 Å². The second-order valence-corrected chi connectivity index (χ2v) is 4.41. The highest BCUT2D eigenvalue weighted by Gasteiger charge is 2.25. The number of nitrogens with two attached hydrogens (primary N) is 1. The Morgan fingerprint density at radius 1 is 1.47 bits per heavy atom. The van der Waals surface area contributed by atoms with E-state index in [2.05, 4.69) is 29.4 Å². The van der Waals surface area contributed by atoms with Gasteiger partial charge in [-0.1, -0.05) is 6.92 Å². The van der Waals surface area contributed by atoms with Crippen LogP contribution in [0.4, 0.5) is 5.82 Å². The van der Waals surface area contributed by atoms with Gasteiger partial charge in [0.15, 0.2) is 0 Å². The summed E-state index contributed by atoms with van der Waals surface area (Å²) in [6.45, 7) is 6.46. The van der Waals surface area contributed by atoms with E-state index in [1.54, 1.807) is 0 Å². The molecule has 0 spiro atoms. The summed E-state index contributed by atoms with van der Waals surface area (Å²) in [6, 6.07) is 1.91. The molecule has 0 saturated carbocycles. The Balaban J connectivity index is 2.27. The van der Waals surface area contributed by atoms with Gasteiger partial charge in [-0.3, -0.25) is 0 Å². The van der Waals surface area contributed by atoms with Gasteiger partial charge in [-0.25, -0.2) is 0 Å². The third-order valence-electron chi connectivity index (χ3n) is 3.18. The normalized spacial score (nSPS) is 26.5. The number of anilines is 1. The highest BCUT2D eigenvalue weighted by Crippen LogP contribution is 2.30. The molecule has 82 valence electrons. The smallest absolute Gasteiger partial charge is 0.146 e. The van der Waals surface area contributed by atoms with Crippen LogP contribution in [0.25, 0.3) is 0 Å². The molecule has 1 saturated heterocycles. The topological polar surface area (TPSA) is 63.8 Å². The molecule has 2 atom stereocenters. The maximum Gasteiger partial charge on any atom is 0.146 e. The molecule has 3 N–H and O–H groups in total. The lowest BCUT2D eigenvalue weighted by Crippen LogP contribution is -2.34. The van der Waals surface area contributed by atoms with E-state index in [4.69, 9.17) is 5.73 Å². The molecule has 0 bridgehead atoms. The van der Waals surface area contributed by atoms with Crippen molar-refractivity contribution in [1.82, 2.24) is 15.5 Å². The van der Waals surface area contributed by atoms with Gasteiger partial charge in [0, 0.05) is 5.92 Å². The largest absolute Gasteiger partial charge is 0.382 e. The van der Waals surface area contributed by atoms with Crippen molar-refractivity contribution < 1.29 is 0 Å². The predicted molar refractivity (Wildman–Crippen MR) is 60.6 cm³/mol. The number of aryl methyl sites for hydroxylation is 1. The van der Waals surface area contributed by atoms with Gasteiger partial charge in [0.2, 0.25) is 0 Å². The van der Waals surface area contributed by atoms with Crippen LogP contribution in [0.1, 0.15) is 30.5 Å². The first-order valence-corrected chi connectivity index (χ1v) is 5.49. The lowest BCUT2D eigenvalue weighted by molar-refractivity contribution is 0.341. The van der Waals surface area contributed by atoms with Crippen LogP contribution in [0.15, 0.2) is 6.07 Å². The van der Waals surface area contributed by atoms with E-state index in [9.17, 15) is 0 Å². The molecule has 1 aliphatic rings. The average molecular weight is 206 g/mol. The summed E-state index contributed by atoms with van der Waals surface area (Å²) < 4.78 is 0. The minimum absolute atomic E-state index is 0.512. The molecule has 0 aliphatic carbocycles. The average Bonchev–Trinajstić information content (AvgIpc) is 2.20. The van der Waals surface area contributed by atoms with Crippen LogP contribution in [-0.4, -0.2) is 23.3 Å². The van der Waals surface area contributed by atoms with E-state index in [0.29, 0.717) is 17.7 Å². The molecule has 1 unspecified atom stereocenters. The molecular formula is C11H18N4. The fraction of sp³-hybridized carbons (Fsp3) is 0.636. The monoisotopic (exact) mass is 206 g/mol. The van der Waals surface area contributed by atoms with Crippen LogP contribution < -0.4 is 11.1 Å². The van der Waals surface area contributed by atoms with Crippen LogP contribution in [0.3, 0.4) is 0 Å². The Bertz CT molecular complexity index is 350. The van der Waals surface area contributed by atoms with Gasteiger partial charge in [0.25, 0.3) is 0 Å². The number of hydrogen-bond donors (Lipinski definition) is 2. The van der Waals surface area contributed by atoms with Crippen LogP contribution >= 0.6 is 0 Å². The maximum atomic E-state index is 5.61. The molecule has 4 heteroatoms. The Labute approximate surface area is 90.3 Å². The molecule has 0 aromatic carbocycles. The summed E-state index contributed by atoms with van der Waals surface area (Å²) in [6.07, 6.45) is 1.14. The van der Waals surface area contributed by atoms with Crippen LogP contribution in [-0.2, 0) is 0 Å². The molecule has 0 amide bonds. The van der Waals surface area contributed by atoms with Crippen molar-refractivity contribution in [3.8, 4) is 0 Å². The van der Waals surface area contributed by atoms with E-state index in [1.165, 1.54) is 5.56 Å². The fourth-order valence-corrected chi connectivity index (χ4v) is 2.30. The highest BCUT2D eigenvalue weighted by molar-refractivity contribution is 5.34. The fourth-order valence-electron chi connectivity index (χ4n) is 2.30. The summed E-state index contributed by atoms with van der Waals surface area (Å²) in [4.78, 5) is 0. The second-order valence-electron chi connectivity index (χ2n) is 4.41. The van der Waals surface area contributed by atoms with Crippen molar-refractivity contribution in [2.45, 2.75) is 26.2 Å². The molecule has 15 heavy (non-hydrogen) atoms. The Morgan fingerprint density at radius 2 is 2.27 bits per heavy atom. The second kappa shape index (κ2) is 4.14. The first-order chi connectivity index (χ1) is 7.18. The summed E-state index contributed by atoms with van der Waals surface area (Å²) in [5.41, 5.74) is 7.90. The number of hydrogen-bond acceptors (Lipinski definition) is 4. The molecule has 1 aliphatic heterocycles. The molecule has 2 heterocycles. The number of aromatic nitrogens is 2. The first kappa shape index (κ1) is 10.4. The van der Waals surface area contributed by atoms with Crippen molar-refractivity contribution in [3.63, 3.8) is 0 Å². The minimum Gasteiger partial charge on any atom is -0.382 e. The van der Waals surface area contributed by atoms with Crippen LogP contribution in [0.2, 0.25) is 0 Å². The number of piperidine rings is 1. The Kier molecular flexibility index (Phi) is 2.86. The molecule has 1 aromatic heterocycles. The Hall–Kier alpha value is -1.16. The van der Waals surface area contributed by atoms with Crippen LogP contribution in [0, 0.1) is 12.8 Å². The van der Waals surface area contributed by atoms with Crippen molar-refractivity contribution in [1.29, 1.82) is 0 Å². The summed E-state index contributed by atoms with van der Waals surface area (Å²) >= 11 is 0. The van der Waals surface area contributed by atoms with E-state index in [0.717, 1.165) is 25.2 Å². The zero-order valence-corrected chi connectivity index (χ0v) is 9.33. The van der Waals surface area contributed by atoms with Gasteiger partial charge in [-0.15, -0.1) is 5.10 Å². The number of nitrogen functional groups attached to an aromatic ring is 1. The van der Waals surface area contributed by atoms with Gasteiger partial charge in [-0.2, -0.15) is 5.10 Å². The molecule has 0 radical (unpaired) electrons. The van der Waals surface area contributed by atoms with Gasteiger partial charge < -0.3 is 11.1 Å². The van der Waals surface area contributed by atoms with Crippen molar-refractivity contribution in [2.75, 3.05) is 18.8 Å². The number of nitrogens with zero attached hydrogens (tertiary/aromatic N) is 2. The number of rotatable bonds is 1. The first-order valence-electron chi connectivity index (χ1n) is 5.49. The molecular weight excluding hydrogens is 188 g/mol. The van der Waals surface area contributed by atoms with Crippen LogP contribution in [0.5, 0.6) is 0 Å². The van der Waals surface area contributed by atoms with Crippen molar-refractivity contribution >= 4 is 5.82 Å². The third kappa shape index (κ3) is 2.09. The van der Waals surface area contributed by atoms with Crippen molar-refractivity contribution in [3.05, 3.63) is 17.3 Å². The molecule has 2 rings (SSSR count). The van der Waals surface area contributed by atoms with Gasteiger partial charge >= 0.3 is 0 Å². The Morgan fingerprint density at radius 3 is 2.93 bits per heavy atom. The standard InChI is InChI=1S/C11H18N4/c1-7-5-10(12)14-15-11(7)9-3-4-13-6-8(9)2/h5,8-9,13H,3-4,6H2,1-2H3,(H2,12,14)/t8-,9?/m1/s1. The summed E-state index contributed by atoms with van der Waals surface area (Å²) in [5.74, 6) is 1.66. The molecule has 1 fully saturated rings. The van der Waals surface area contributed by atoms with E-state index in [-0.39, 0.29) is 0 Å². The van der Waals surface area contributed by atoms with Gasteiger partial charge in [0.1, 0.15) is 5.82 Å². The third-order valence-corrected chi connectivity index (χ3v) is 3.18. The number of nitrogens with one attached hydrogen (secondary N) is 1. The molecule has 1 aromatic rings. The summed E-state index contributed by atoms with van der Waals surface area (Å²) in [5, 5.41) is 11.6. The lowest BCUT2D eigenvalue weighted by Gasteiger charge is -2.29. The zero-order valence-electron chi connectivity index (χ0n) is 9.33. The van der Waals surface area contributed by atoms with E-state index >= 15 is 0 Å². The maximum absolute atomic E-state index is 5.61. The zero-order chi connectivity index (χ0) is 10.8.